The van der Waals surface area contributed by atoms with Gasteiger partial charge in [-0.05, 0) is 82.0 Å². The van der Waals surface area contributed by atoms with Crippen molar-refractivity contribution < 1.29 is 8.42 Å². The third kappa shape index (κ3) is 3.20. The van der Waals surface area contributed by atoms with E-state index < -0.39 is 10.0 Å². The maximum Gasteiger partial charge on any atom is 0.238 e. The molecule has 128 valence electrons. The third-order valence-corrected chi connectivity index (χ3v) is 6.74. The molecule has 0 unspecified atom stereocenters. The summed E-state index contributed by atoms with van der Waals surface area (Å²) in [6.45, 7) is 0. The van der Waals surface area contributed by atoms with Crippen molar-refractivity contribution in [3.63, 3.8) is 0 Å². The topological polar surface area (TPSA) is 60.2 Å². The molecule has 1 spiro atoms. The molecule has 0 bridgehead atoms. The maximum atomic E-state index is 11.5. The number of sulfonamides is 1. The molecule has 3 nitrogen and oxygen atoms in total. The van der Waals surface area contributed by atoms with Gasteiger partial charge in [-0.2, -0.15) is 0 Å². The molecule has 4 rings (SSSR count). The summed E-state index contributed by atoms with van der Waals surface area (Å²) in [6, 6.07) is 15.4. The van der Waals surface area contributed by atoms with Gasteiger partial charge in [0.15, 0.2) is 0 Å². The molecule has 1 fully saturated rings. The van der Waals surface area contributed by atoms with Gasteiger partial charge >= 0.3 is 0 Å². The lowest BCUT2D eigenvalue weighted by Crippen LogP contribution is -2.22. The summed E-state index contributed by atoms with van der Waals surface area (Å²) in [6.07, 6.45) is 8.36. The van der Waals surface area contributed by atoms with Gasteiger partial charge in [-0.25, -0.2) is 13.6 Å². The molecule has 0 saturated heterocycles. The molecular formula is C20H18INO2S. The average molecular weight is 463 g/mol. The number of halogens is 1. The van der Waals surface area contributed by atoms with Gasteiger partial charge in [0.25, 0.3) is 0 Å². The Kier molecular flexibility index (Phi) is 4.13. The first kappa shape index (κ1) is 17.0. The fourth-order valence-electron chi connectivity index (χ4n) is 3.58. The Labute approximate surface area is 161 Å². The van der Waals surface area contributed by atoms with Crippen LogP contribution in [0.15, 0.2) is 65.6 Å². The van der Waals surface area contributed by atoms with Gasteiger partial charge in [0, 0.05) is 8.99 Å². The summed E-state index contributed by atoms with van der Waals surface area (Å²) < 4.78 is 24.2. The highest BCUT2D eigenvalue weighted by Crippen LogP contribution is 2.53. The third-order valence-electron chi connectivity index (χ3n) is 5.09. The van der Waals surface area contributed by atoms with Crippen molar-refractivity contribution in [2.75, 3.05) is 0 Å². The highest BCUT2D eigenvalue weighted by atomic mass is 127. The first-order valence-electron chi connectivity index (χ1n) is 8.22. The smallest absolute Gasteiger partial charge is 0.225 e. The van der Waals surface area contributed by atoms with Crippen molar-refractivity contribution in [2.45, 2.75) is 24.2 Å². The molecule has 1 saturated carbocycles. The van der Waals surface area contributed by atoms with Crippen LogP contribution in [-0.4, -0.2) is 8.42 Å². The lowest BCUT2D eigenvalue weighted by Gasteiger charge is -2.34. The number of benzene rings is 2. The quantitative estimate of drug-likeness (QED) is 0.678. The second-order valence-electron chi connectivity index (χ2n) is 6.78. The van der Waals surface area contributed by atoms with E-state index >= 15 is 0 Å². The molecule has 25 heavy (non-hydrogen) atoms. The standard InChI is InChI=1S/C20H18INO2S/c21-16-6-2-14(3-7-16)18-12-20(10-1-11-20)13-19(18)15-4-8-17(9-5-15)25(22,23)24/h2-9,12-13H,1,10-11H2,(H2,22,23,24). The van der Waals surface area contributed by atoms with Crippen LogP contribution in [0.1, 0.15) is 30.4 Å². The van der Waals surface area contributed by atoms with E-state index in [1.54, 1.807) is 12.1 Å². The number of allylic oxidation sites excluding steroid dienone is 4. The average Bonchev–Trinajstić information content (AvgIpc) is 2.96. The molecule has 2 aromatic carbocycles. The van der Waals surface area contributed by atoms with E-state index in [9.17, 15) is 8.42 Å². The summed E-state index contributed by atoms with van der Waals surface area (Å²) in [7, 11) is -3.66. The predicted octanol–water partition coefficient (Wildman–Crippen LogP) is 4.59. The zero-order valence-electron chi connectivity index (χ0n) is 13.6. The molecule has 2 N–H and O–H groups in total. The molecule has 2 aliphatic carbocycles. The predicted molar refractivity (Wildman–Crippen MR) is 109 cm³/mol. The Balaban J connectivity index is 1.77. The van der Waals surface area contributed by atoms with Crippen molar-refractivity contribution in [1.29, 1.82) is 0 Å². The van der Waals surface area contributed by atoms with Gasteiger partial charge in [0.05, 0.1) is 4.90 Å². The van der Waals surface area contributed by atoms with Gasteiger partial charge in [-0.15, -0.1) is 0 Å². The van der Waals surface area contributed by atoms with Crippen molar-refractivity contribution >= 4 is 43.8 Å². The van der Waals surface area contributed by atoms with E-state index in [2.05, 4.69) is 59.0 Å². The van der Waals surface area contributed by atoms with Crippen LogP contribution in [0.2, 0.25) is 0 Å². The minimum Gasteiger partial charge on any atom is -0.225 e. The molecule has 0 radical (unpaired) electrons. The second-order valence-corrected chi connectivity index (χ2v) is 9.59. The number of nitrogens with two attached hydrogens (primary N) is 1. The van der Waals surface area contributed by atoms with Crippen LogP contribution in [0.5, 0.6) is 0 Å². The fourth-order valence-corrected chi connectivity index (χ4v) is 4.45. The number of hydrogen-bond donors (Lipinski definition) is 1. The van der Waals surface area contributed by atoms with Crippen LogP contribution >= 0.6 is 22.6 Å². The molecule has 0 heterocycles. The molecule has 0 aromatic heterocycles. The Morgan fingerprint density at radius 3 is 1.72 bits per heavy atom. The molecule has 5 heteroatoms. The van der Waals surface area contributed by atoms with E-state index in [4.69, 9.17) is 5.14 Å². The van der Waals surface area contributed by atoms with Crippen LogP contribution in [0, 0.1) is 8.99 Å². The summed E-state index contributed by atoms with van der Waals surface area (Å²) >= 11 is 2.31. The molecule has 0 atom stereocenters. The summed E-state index contributed by atoms with van der Waals surface area (Å²) in [5, 5.41) is 5.21. The summed E-state index contributed by atoms with van der Waals surface area (Å²) in [5.74, 6) is 0. The monoisotopic (exact) mass is 463 g/mol. The minimum absolute atomic E-state index is 0.146. The SMILES string of the molecule is NS(=O)(=O)c1ccc(C2=CC3(C=C2c2ccc(I)cc2)CCC3)cc1. The van der Waals surface area contributed by atoms with Crippen LogP contribution < -0.4 is 5.14 Å². The molecular weight excluding hydrogens is 445 g/mol. The van der Waals surface area contributed by atoms with Gasteiger partial charge in [-0.1, -0.05) is 42.8 Å². The van der Waals surface area contributed by atoms with Crippen molar-refractivity contribution in [1.82, 2.24) is 0 Å². The van der Waals surface area contributed by atoms with Crippen LogP contribution in [0.4, 0.5) is 0 Å². The van der Waals surface area contributed by atoms with Crippen molar-refractivity contribution in [2.24, 2.45) is 10.6 Å². The first-order valence-corrected chi connectivity index (χ1v) is 10.8. The lowest BCUT2D eigenvalue weighted by molar-refractivity contribution is 0.282. The zero-order chi connectivity index (χ0) is 17.7. The molecule has 0 aliphatic heterocycles. The second kappa shape index (κ2) is 6.07. The Morgan fingerprint density at radius 2 is 1.32 bits per heavy atom. The van der Waals surface area contributed by atoms with E-state index in [1.807, 2.05) is 12.1 Å². The molecule has 0 amide bonds. The van der Waals surface area contributed by atoms with Crippen LogP contribution in [0.25, 0.3) is 11.1 Å². The van der Waals surface area contributed by atoms with Gasteiger partial charge in [0.1, 0.15) is 0 Å². The molecule has 2 aromatic rings. The Hall–Kier alpha value is -1.44. The Bertz CT molecular complexity index is 983. The van der Waals surface area contributed by atoms with E-state index in [1.165, 1.54) is 39.5 Å². The number of rotatable bonds is 3. The van der Waals surface area contributed by atoms with Crippen LogP contribution in [0.3, 0.4) is 0 Å². The van der Waals surface area contributed by atoms with Gasteiger partial charge in [0.2, 0.25) is 10.0 Å². The summed E-state index contributed by atoms with van der Waals surface area (Å²) in [5.41, 5.74) is 4.82. The number of primary sulfonamides is 1. The highest BCUT2D eigenvalue weighted by Gasteiger charge is 2.38. The van der Waals surface area contributed by atoms with Crippen molar-refractivity contribution in [3.05, 3.63) is 75.4 Å². The minimum atomic E-state index is -3.66. The number of hydrogen-bond acceptors (Lipinski definition) is 2. The van der Waals surface area contributed by atoms with Crippen LogP contribution in [-0.2, 0) is 10.0 Å². The first-order chi connectivity index (χ1) is 11.9. The lowest BCUT2D eigenvalue weighted by atomic mass is 9.70. The van der Waals surface area contributed by atoms with Crippen molar-refractivity contribution in [3.8, 4) is 0 Å². The summed E-state index contributed by atoms with van der Waals surface area (Å²) in [4.78, 5) is 0.146. The maximum absolute atomic E-state index is 11.5. The fraction of sp³-hybridized carbons (Fsp3) is 0.200. The molecule has 2 aliphatic rings. The van der Waals surface area contributed by atoms with Gasteiger partial charge in [-0.3, -0.25) is 0 Å². The zero-order valence-corrected chi connectivity index (χ0v) is 16.5. The van der Waals surface area contributed by atoms with Gasteiger partial charge < -0.3 is 0 Å². The van der Waals surface area contributed by atoms with E-state index in [0.717, 1.165) is 5.56 Å². The van der Waals surface area contributed by atoms with E-state index in [0.29, 0.717) is 0 Å². The normalized spacial score (nSPS) is 18.6. The largest absolute Gasteiger partial charge is 0.238 e. The highest BCUT2D eigenvalue weighted by molar-refractivity contribution is 14.1. The Morgan fingerprint density at radius 1 is 0.840 bits per heavy atom. The van der Waals surface area contributed by atoms with E-state index in [-0.39, 0.29) is 10.3 Å².